The Hall–Kier alpha value is -2.63. The van der Waals surface area contributed by atoms with E-state index in [0.717, 1.165) is 0 Å². The lowest BCUT2D eigenvalue weighted by molar-refractivity contribution is -0.0498. The van der Waals surface area contributed by atoms with Crippen molar-refractivity contribution in [2.45, 2.75) is 6.61 Å². The van der Waals surface area contributed by atoms with Gasteiger partial charge in [0.25, 0.3) is 0 Å². The maximum Gasteiger partial charge on any atom is 0.387 e. The summed E-state index contributed by atoms with van der Waals surface area (Å²) >= 11 is 3.10. The van der Waals surface area contributed by atoms with Crippen LogP contribution in [0.4, 0.5) is 14.5 Å². The molecule has 5 nitrogen and oxygen atoms in total. The summed E-state index contributed by atoms with van der Waals surface area (Å²) in [7, 11) is 0. The second-order valence-corrected chi connectivity index (χ2v) is 4.08. The molecule has 0 spiro atoms. The molecular weight excluding hydrogens is 334 g/mol. The largest absolute Gasteiger partial charge is 0.435 e. The molecular formula is C12H5BrF2N4O. The van der Waals surface area contributed by atoms with Crippen molar-refractivity contribution in [3.05, 3.63) is 33.9 Å². The number of hydrogen-bond donors (Lipinski definition) is 1. The van der Waals surface area contributed by atoms with E-state index >= 15 is 0 Å². The third-order valence-electron chi connectivity index (χ3n) is 2.01. The lowest BCUT2D eigenvalue weighted by Gasteiger charge is -2.10. The van der Waals surface area contributed by atoms with Crippen LogP contribution in [-0.4, -0.2) is 6.61 Å². The second kappa shape index (κ2) is 7.08. The Balaban J connectivity index is 3.07. The van der Waals surface area contributed by atoms with Crippen molar-refractivity contribution >= 4 is 21.6 Å². The molecule has 0 aliphatic carbocycles. The Kier molecular flexibility index (Phi) is 5.46. The third-order valence-corrected chi connectivity index (χ3v) is 2.67. The van der Waals surface area contributed by atoms with Crippen LogP contribution in [0.2, 0.25) is 0 Å². The standard InChI is InChI=1S/C12H5BrF2N4O/c13-9-3-8(20-12(14)15)1-2-10(9)19-11(6-18)7(4-16)5-17/h1-3,12,19H. The van der Waals surface area contributed by atoms with E-state index in [4.69, 9.17) is 15.8 Å². The van der Waals surface area contributed by atoms with Crippen LogP contribution >= 0.6 is 15.9 Å². The van der Waals surface area contributed by atoms with Gasteiger partial charge < -0.3 is 10.1 Å². The van der Waals surface area contributed by atoms with Gasteiger partial charge in [0.05, 0.1) is 5.69 Å². The van der Waals surface area contributed by atoms with Gasteiger partial charge in [0.2, 0.25) is 0 Å². The molecule has 0 amide bonds. The Bertz CT molecular complexity index is 652. The van der Waals surface area contributed by atoms with Crippen LogP contribution in [0.1, 0.15) is 0 Å². The number of anilines is 1. The van der Waals surface area contributed by atoms with Crippen molar-refractivity contribution in [1.29, 1.82) is 15.8 Å². The molecule has 0 aliphatic heterocycles. The highest BCUT2D eigenvalue weighted by atomic mass is 79.9. The normalized spacial score (nSPS) is 9.05. The van der Waals surface area contributed by atoms with E-state index in [1.807, 2.05) is 0 Å². The van der Waals surface area contributed by atoms with Crippen LogP contribution < -0.4 is 10.1 Å². The van der Waals surface area contributed by atoms with Gasteiger partial charge in [-0.05, 0) is 34.1 Å². The quantitative estimate of drug-likeness (QED) is 0.850. The molecule has 0 radical (unpaired) electrons. The highest BCUT2D eigenvalue weighted by Gasteiger charge is 2.10. The Labute approximate surface area is 121 Å². The first-order valence-electron chi connectivity index (χ1n) is 4.97. The van der Waals surface area contributed by atoms with Crippen molar-refractivity contribution in [3.8, 4) is 24.0 Å². The van der Waals surface area contributed by atoms with Crippen molar-refractivity contribution in [3.63, 3.8) is 0 Å². The summed E-state index contributed by atoms with van der Waals surface area (Å²) in [6, 6.07) is 8.72. The molecule has 100 valence electrons. The van der Waals surface area contributed by atoms with Crippen LogP contribution in [-0.2, 0) is 0 Å². The van der Waals surface area contributed by atoms with Crippen LogP contribution in [0, 0.1) is 34.0 Å². The van der Waals surface area contributed by atoms with E-state index in [1.54, 1.807) is 18.2 Å². The first kappa shape index (κ1) is 15.4. The molecule has 0 saturated heterocycles. The molecule has 0 fully saturated rings. The number of alkyl halides is 2. The highest BCUT2D eigenvalue weighted by molar-refractivity contribution is 9.10. The molecule has 0 saturated carbocycles. The molecule has 1 aromatic carbocycles. The predicted molar refractivity (Wildman–Crippen MR) is 68.3 cm³/mol. The first-order chi connectivity index (χ1) is 9.51. The fraction of sp³-hybridized carbons (Fsp3) is 0.0833. The molecule has 0 unspecified atom stereocenters. The van der Waals surface area contributed by atoms with E-state index in [9.17, 15) is 8.78 Å². The Morgan fingerprint density at radius 2 is 1.85 bits per heavy atom. The molecule has 1 N–H and O–H groups in total. The van der Waals surface area contributed by atoms with Crippen LogP contribution in [0.5, 0.6) is 5.75 Å². The predicted octanol–water partition coefficient (Wildman–Crippen LogP) is 3.29. The molecule has 0 atom stereocenters. The van der Waals surface area contributed by atoms with Gasteiger partial charge >= 0.3 is 6.61 Å². The SMILES string of the molecule is N#CC(C#N)=C(C#N)Nc1ccc(OC(F)F)cc1Br. The number of benzene rings is 1. The number of nitrogens with zero attached hydrogens (tertiary/aromatic N) is 3. The van der Waals surface area contributed by atoms with E-state index < -0.39 is 6.61 Å². The van der Waals surface area contributed by atoms with E-state index in [0.29, 0.717) is 10.2 Å². The summed E-state index contributed by atoms with van der Waals surface area (Å²) in [5, 5.41) is 28.8. The van der Waals surface area contributed by atoms with Gasteiger partial charge in [-0.25, -0.2) is 0 Å². The minimum absolute atomic E-state index is 0.0688. The van der Waals surface area contributed by atoms with E-state index in [-0.39, 0.29) is 17.0 Å². The molecule has 1 aromatic rings. The van der Waals surface area contributed by atoms with Crippen molar-refractivity contribution in [2.24, 2.45) is 0 Å². The lowest BCUT2D eigenvalue weighted by Crippen LogP contribution is -2.04. The molecule has 0 bridgehead atoms. The third kappa shape index (κ3) is 3.94. The summed E-state index contributed by atoms with van der Waals surface area (Å²) in [5.41, 5.74) is -0.295. The molecule has 0 aliphatic rings. The molecule has 0 heterocycles. The van der Waals surface area contributed by atoms with Crippen LogP contribution in [0.3, 0.4) is 0 Å². The van der Waals surface area contributed by atoms with E-state index in [1.165, 1.54) is 18.2 Å². The highest BCUT2D eigenvalue weighted by Crippen LogP contribution is 2.29. The second-order valence-electron chi connectivity index (χ2n) is 3.23. The minimum Gasteiger partial charge on any atom is -0.435 e. The number of allylic oxidation sites excluding steroid dienone is 2. The number of nitriles is 3. The van der Waals surface area contributed by atoms with Gasteiger partial charge in [0.15, 0.2) is 5.57 Å². The summed E-state index contributed by atoms with van der Waals surface area (Å²) in [4.78, 5) is 0. The van der Waals surface area contributed by atoms with Crippen LogP contribution in [0.15, 0.2) is 33.9 Å². The van der Waals surface area contributed by atoms with E-state index in [2.05, 4.69) is 26.0 Å². The fourth-order valence-corrected chi connectivity index (χ4v) is 1.65. The topological polar surface area (TPSA) is 92.6 Å². The summed E-state index contributed by atoms with van der Waals surface area (Å²) in [5.74, 6) is -0.0688. The summed E-state index contributed by atoms with van der Waals surface area (Å²) < 4.78 is 28.6. The van der Waals surface area contributed by atoms with Gasteiger partial charge in [-0.3, -0.25) is 0 Å². The van der Waals surface area contributed by atoms with Gasteiger partial charge in [-0.15, -0.1) is 0 Å². The smallest absolute Gasteiger partial charge is 0.387 e. The van der Waals surface area contributed by atoms with Crippen molar-refractivity contribution in [2.75, 3.05) is 5.32 Å². The number of rotatable bonds is 4. The monoisotopic (exact) mass is 338 g/mol. The van der Waals surface area contributed by atoms with Crippen LogP contribution in [0.25, 0.3) is 0 Å². The zero-order chi connectivity index (χ0) is 15.1. The molecule has 1 rings (SSSR count). The molecule has 0 aromatic heterocycles. The van der Waals surface area contributed by atoms with Gasteiger partial charge in [0, 0.05) is 4.47 Å². The Morgan fingerprint density at radius 1 is 1.20 bits per heavy atom. The Morgan fingerprint density at radius 3 is 2.30 bits per heavy atom. The average molecular weight is 339 g/mol. The number of ether oxygens (including phenoxy) is 1. The number of nitrogens with one attached hydrogen (secondary N) is 1. The first-order valence-corrected chi connectivity index (χ1v) is 5.77. The summed E-state index contributed by atoms with van der Waals surface area (Å²) in [6.45, 7) is -2.95. The maximum absolute atomic E-state index is 12.0. The van der Waals surface area contributed by atoms with Crippen molar-refractivity contribution in [1.82, 2.24) is 0 Å². The summed E-state index contributed by atoms with van der Waals surface area (Å²) in [6.07, 6.45) is 0. The zero-order valence-electron chi connectivity index (χ0n) is 9.69. The number of hydrogen-bond acceptors (Lipinski definition) is 5. The molecule has 20 heavy (non-hydrogen) atoms. The maximum atomic E-state index is 12.0. The van der Waals surface area contributed by atoms with Gasteiger partial charge in [-0.1, -0.05) is 0 Å². The van der Waals surface area contributed by atoms with Gasteiger partial charge in [-0.2, -0.15) is 24.6 Å². The lowest BCUT2D eigenvalue weighted by atomic mass is 10.2. The molecule has 8 heteroatoms. The fourth-order valence-electron chi connectivity index (χ4n) is 1.19. The minimum atomic E-state index is -2.95. The van der Waals surface area contributed by atoms with Crippen molar-refractivity contribution < 1.29 is 13.5 Å². The zero-order valence-corrected chi connectivity index (χ0v) is 11.3. The average Bonchev–Trinajstić information content (AvgIpc) is 2.40. The number of halogens is 3. The van der Waals surface area contributed by atoms with Gasteiger partial charge in [0.1, 0.15) is 29.7 Å².